The highest BCUT2D eigenvalue weighted by atomic mass is 32.2. The molecule has 3 rings (SSSR count). The Morgan fingerprint density at radius 1 is 1.29 bits per heavy atom. The Kier molecular flexibility index (Phi) is 4.21. The predicted octanol–water partition coefficient (Wildman–Crippen LogP) is 2.30. The molecule has 1 atom stereocenters. The fraction of sp³-hybridized carbons (Fsp3) is 0.214. The first-order chi connectivity index (χ1) is 10.3. The number of rotatable bonds is 3. The van der Waals surface area contributed by atoms with Crippen molar-refractivity contribution < 1.29 is 9.59 Å². The normalized spacial score (nSPS) is 17.7. The summed E-state index contributed by atoms with van der Waals surface area (Å²) in [7, 11) is 0. The smallest absolute Gasteiger partial charge is 0.255 e. The number of thioether (sulfide) groups is 1. The lowest BCUT2D eigenvalue weighted by Crippen LogP contribution is -2.44. The molecule has 2 heterocycles. The highest BCUT2D eigenvalue weighted by Crippen LogP contribution is 2.24. The molecule has 0 spiro atoms. The van der Waals surface area contributed by atoms with E-state index in [9.17, 15) is 9.59 Å². The van der Waals surface area contributed by atoms with Crippen molar-refractivity contribution in [3.63, 3.8) is 0 Å². The molecule has 21 heavy (non-hydrogen) atoms. The second-order valence-corrected chi connectivity index (χ2v) is 6.38. The van der Waals surface area contributed by atoms with Crippen molar-refractivity contribution in [1.29, 1.82) is 0 Å². The Hall–Kier alpha value is -1.86. The van der Waals surface area contributed by atoms with Gasteiger partial charge in [0.1, 0.15) is 6.04 Å². The summed E-state index contributed by atoms with van der Waals surface area (Å²) in [6, 6.07) is 8.58. The van der Waals surface area contributed by atoms with Crippen LogP contribution in [-0.2, 0) is 4.79 Å². The van der Waals surface area contributed by atoms with Gasteiger partial charge in [0.15, 0.2) is 5.13 Å². The van der Waals surface area contributed by atoms with Crippen LogP contribution in [0.3, 0.4) is 0 Å². The van der Waals surface area contributed by atoms with E-state index in [1.807, 2.05) is 18.2 Å². The first kappa shape index (κ1) is 14.1. The molecule has 1 aromatic heterocycles. The molecule has 0 aliphatic carbocycles. The molecule has 1 saturated heterocycles. The van der Waals surface area contributed by atoms with Gasteiger partial charge >= 0.3 is 0 Å². The first-order valence-electron chi connectivity index (χ1n) is 6.40. The van der Waals surface area contributed by atoms with Crippen LogP contribution < -0.4 is 5.32 Å². The van der Waals surface area contributed by atoms with Crippen LogP contribution in [0.1, 0.15) is 10.4 Å². The van der Waals surface area contributed by atoms with Crippen LogP contribution in [0.5, 0.6) is 0 Å². The van der Waals surface area contributed by atoms with Crippen molar-refractivity contribution >= 4 is 40.0 Å². The number of hydrogen-bond donors (Lipinski definition) is 1. The zero-order valence-corrected chi connectivity index (χ0v) is 12.7. The van der Waals surface area contributed by atoms with Gasteiger partial charge in [0, 0.05) is 22.9 Å². The molecule has 1 aliphatic rings. The number of benzene rings is 1. The van der Waals surface area contributed by atoms with Gasteiger partial charge in [-0.15, -0.1) is 23.1 Å². The van der Waals surface area contributed by atoms with Crippen molar-refractivity contribution in [2.75, 3.05) is 16.9 Å². The van der Waals surface area contributed by atoms with Gasteiger partial charge in [0.05, 0.1) is 5.88 Å². The number of thiazole rings is 1. The fourth-order valence-corrected chi connectivity index (χ4v) is 3.77. The number of nitrogens with one attached hydrogen (secondary N) is 1. The minimum absolute atomic E-state index is 0.111. The number of amides is 2. The SMILES string of the molecule is O=C(Nc1nccs1)[C@@H]1CSCN1C(=O)c1ccccc1. The summed E-state index contributed by atoms with van der Waals surface area (Å²) in [5.41, 5.74) is 0.604. The summed E-state index contributed by atoms with van der Waals surface area (Å²) in [6.07, 6.45) is 1.64. The molecule has 7 heteroatoms. The summed E-state index contributed by atoms with van der Waals surface area (Å²) >= 11 is 2.94. The zero-order chi connectivity index (χ0) is 14.7. The highest BCUT2D eigenvalue weighted by molar-refractivity contribution is 7.99. The lowest BCUT2D eigenvalue weighted by molar-refractivity contribution is -0.119. The molecular formula is C14H13N3O2S2. The van der Waals surface area contributed by atoms with E-state index in [0.717, 1.165) is 0 Å². The van der Waals surface area contributed by atoms with Crippen LogP contribution in [0.25, 0.3) is 0 Å². The third kappa shape index (κ3) is 3.08. The second-order valence-electron chi connectivity index (χ2n) is 4.48. The van der Waals surface area contributed by atoms with E-state index in [-0.39, 0.29) is 11.8 Å². The molecule has 2 aromatic rings. The van der Waals surface area contributed by atoms with Crippen LogP contribution >= 0.6 is 23.1 Å². The zero-order valence-electron chi connectivity index (χ0n) is 11.1. The Balaban J connectivity index is 1.73. The third-order valence-electron chi connectivity index (χ3n) is 3.13. The van der Waals surface area contributed by atoms with Gasteiger partial charge in [-0.2, -0.15) is 0 Å². The van der Waals surface area contributed by atoms with Crippen LogP contribution in [0.15, 0.2) is 41.9 Å². The second kappa shape index (κ2) is 6.28. The van der Waals surface area contributed by atoms with E-state index in [1.165, 1.54) is 11.3 Å². The number of carbonyl (C=O) groups is 2. The van der Waals surface area contributed by atoms with Gasteiger partial charge in [0.2, 0.25) is 5.91 Å². The van der Waals surface area contributed by atoms with Crippen LogP contribution in [-0.4, -0.2) is 39.4 Å². The van der Waals surface area contributed by atoms with Gasteiger partial charge < -0.3 is 10.2 Å². The third-order valence-corrected chi connectivity index (χ3v) is 4.83. The monoisotopic (exact) mass is 319 g/mol. The van der Waals surface area contributed by atoms with Crippen molar-refractivity contribution in [3.8, 4) is 0 Å². The maximum Gasteiger partial charge on any atom is 0.255 e. The molecule has 108 valence electrons. The predicted molar refractivity (Wildman–Crippen MR) is 84.5 cm³/mol. The summed E-state index contributed by atoms with van der Waals surface area (Å²) in [5, 5.41) is 5.12. The van der Waals surface area contributed by atoms with E-state index < -0.39 is 6.04 Å². The van der Waals surface area contributed by atoms with E-state index in [1.54, 1.807) is 40.4 Å². The average Bonchev–Trinajstić information content (AvgIpc) is 3.18. The van der Waals surface area contributed by atoms with E-state index >= 15 is 0 Å². The van der Waals surface area contributed by atoms with Crippen LogP contribution in [0, 0.1) is 0 Å². The molecule has 0 bridgehead atoms. The van der Waals surface area contributed by atoms with E-state index in [4.69, 9.17) is 0 Å². The maximum atomic E-state index is 12.5. The molecule has 1 N–H and O–H groups in total. The average molecular weight is 319 g/mol. The Morgan fingerprint density at radius 3 is 2.81 bits per heavy atom. The molecule has 1 fully saturated rings. The lowest BCUT2D eigenvalue weighted by Gasteiger charge is -2.22. The Bertz CT molecular complexity index is 631. The number of anilines is 1. The van der Waals surface area contributed by atoms with Gasteiger partial charge in [0.25, 0.3) is 5.91 Å². The van der Waals surface area contributed by atoms with Gasteiger partial charge in [-0.1, -0.05) is 18.2 Å². The van der Waals surface area contributed by atoms with E-state index in [0.29, 0.717) is 22.3 Å². The molecule has 1 aliphatic heterocycles. The van der Waals surface area contributed by atoms with E-state index in [2.05, 4.69) is 10.3 Å². The van der Waals surface area contributed by atoms with Crippen molar-refractivity contribution in [2.45, 2.75) is 6.04 Å². The number of aromatic nitrogens is 1. The molecule has 5 nitrogen and oxygen atoms in total. The van der Waals surface area contributed by atoms with Gasteiger partial charge in [-0.25, -0.2) is 4.98 Å². The molecule has 0 unspecified atom stereocenters. The summed E-state index contributed by atoms with van der Waals surface area (Å²) < 4.78 is 0. The fourth-order valence-electron chi connectivity index (χ4n) is 2.08. The molecule has 1 aromatic carbocycles. The molecular weight excluding hydrogens is 306 g/mol. The van der Waals surface area contributed by atoms with Crippen molar-refractivity contribution in [3.05, 3.63) is 47.5 Å². The van der Waals surface area contributed by atoms with Crippen LogP contribution in [0.4, 0.5) is 5.13 Å². The number of hydrogen-bond acceptors (Lipinski definition) is 5. The van der Waals surface area contributed by atoms with Gasteiger partial charge in [-0.05, 0) is 12.1 Å². The largest absolute Gasteiger partial charge is 0.316 e. The Morgan fingerprint density at radius 2 is 2.10 bits per heavy atom. The quantitative estimate of drug-likeness (QED) is 0.943. The van der Waals surface area contributed by atoms with Crippen LogP contribution in [0.2, 0.25) is 0 Å². The van der Waals surface area contributed by atoms with Crippen molar-refractivity contribution in [1.82, 2.24) is 9.88 Å². The number of carbonyl (C=O) groups excluding carboxylic acids is 2. The maximum absolute atomic E-state index is 12.5. The minimum atomic E-state index is -0.452. The molecule has 2 amide bonds. The summed E-state index contributed by atoms with van der Waals surface area (Å²) in [6.45, 7) is 0. The minimum Gasteiger partial charge on any atom is -0.316 e. The van der Waals surface area contributed by atoms with Gasteiger partial charge in [-0.3, -0.25) is 9.59 Å². The Labute approximate surface area is 130 Å². The summed E-state index contributed by atoms with van der Waals surface area (Å²) in [4.78, 5) is 30.4. The molecule has 0 saturated carbocycles. The number of nitrogens with zero attached hydrogens (tertiary/aromatic N) is 2. The highest BCUT2D eigenvalue weighted by Gasteiger charge is 2.35. The summed E-state index contributed by atoms with van der Waals surface area (Å²) in [5.74, 6) is 0.846. The lowest BCUT2D eigenvalue weighted by atomic mass is 10.1. The standard InChI is InChI=1S/C14H13N3O2S2/c18-12(16-14-15-6-7-21-14)11-8-20-9-17(11)13(19)10-4-2-1-3-5-10/h1-7,11H,8-9H2,(H,15,16,18)/t11-/m0/s1. The van der Waals surface area contributed by atoms with Crippen molar-refractivity contribution in [2.24, 2.45) is 0 Å². The topological polar surface area (TPSA) is 62.3 Å². The first-order valence-corrected chi connectivity index (χ1v) is 8.43. The molecule has 0 radical (unpaired) electrons.